The predicted octanol–water partition coefficient (Wildman–Crippen LogP) is 3.50. The lowest BCUT2D eigenvalue weighted by Crippen LogP contribution is -2.50. The van der Waals surface area contributed by atoms with Gasteiger partial charge in [0, 0.05) is 12.1 Å². The summed E-state index contributed by atoms with van der Waals surface area (Å²) >= 11 is 0. The number of benzene rings is 1. The van der Waals surface area contributed by atoms with Gasteiger partial charge in [-0.3, -0.25) is 14.4 Å². The Morgan fingerprint density at radius 1 is 0.951 bits per heavy atom. The van der Waals surface area contributed by atoms with Crippen LogP contribution in [0.4, 0.5) is 0 Å². The molecule has 1 rings (SSSR count). The van der Waals surface area contributed by atoms with Crippen LogP contribution in [0.1, 0.15) is 80.2 Å². The molecule has 0 aromatic heterocycles. The molecule has 238 valence electrons. The minimum Gasteiger partial charge on any atom is -0.482 e. The summed E-state index contributed by atoms with van der Waals surface area (Å²) in [4.78, 5) is 45.0. The number of nitrogens with one attached hydrogen (secondary N) is 3. The van der Waals surface area contributed by atoms with Crippen LogP contribution in [0.15, 0.2) is 36.5 Å². The molecule has 0 bridgehead atoms. The van der Waals surface area contributed by atoms with Crippen molar-refractivity contribution >= 4 is 23.7 Å². The molecule has 1 atom stereocenters. The third kappa shape index (κ3) is 32.5. The van der Waals surface area contributed by atoms with E-state index in [1.165, 1.54) is 0 Å². The monoisotopic (exact) mass is 583 g/mol. The third-order valence-corrected chi connectivity index (χ3v) is 4.29. The van der Waals surface area contributed by atoms with Crippen molar-refractivity contribution in [1.82, 2.24) is 16.0 Å². The number of rotatable bonds is 13. The van der Waals surface area contributed by atoms with E-state index in [2.05, 4.69) is 29.5 Å². The quantitative estimate of drug-likeness (QED) is 0.204. The van der Waals surface area contributed by atoms with E-state index in [0.29, 0.717) is 24.3 Å². The normalized spacial score (nSPS) is 9.73. The molecule has 0 spiro atoms. The van der Waals surface area contributed by atoms with Gasteiger partial charge in [0.2, 0.25) is 17.7 Å². The molecule has 41 heavy (non-hydrogen) atoms. The van der Waals surface area contributed by atoms with Crippen LogP contribution in [0.25, 0.3) is 0 Å². The van der Waals surface area contributed by atoms with Crippen molar-refractivity contribution in [2.75, 3.05) is 26.2 Å². The maximum Gasteiger partial charge on any atom is 0.341 e. The number of carbonyl (C=O) groups is 4. The van der Waals surface area contributed by atoms with Gasteiger partial charge in [0.25, 0.3) is 0 Å². The fraction of sp³-hybridized carbons (Fsp3) is 0.600. The van der Waals surface area contributed by atoms with Crippen LogP contribution < -0.4 is 32.2 Å². The number of hydrogen-bond donors (Lipinski definition) is 6. The van der Waals surface area contributed by atoms with Crippen molar-refractivity contribution < 1.29 is 29.0 Å². The zero-order valence-corrected chi connectivity index (χ0v) is 26.8. The zero-order chi connectivity index (χ0) is 32.8. The molecular formula is C30H57N5O6. The Kier molecular flexibility index (Phi) is 33.5. The van der Waals surface area contributed by atoms with E-state index < -0.39 is 17.9 Å². The van der Waals surface area contributed by atoms with Crippen LogP contribution in [0, 0.1) is 12.8 Å². The van der Waals surface area contributed by atoms with E-state index in [1.54, 1.807) is 19.1 Å². The number of amides is 3. The van der Waals surface area contributed by atoms with Crippen LogP contribution in [0.3, 0.4) is 0 Å². The Labute approximate surface area is 247 Å². The first-order chi connectivity index (χ1) is 19.4. The van der Waals surface area contributed by atoms with Gasteiger partial charge in [0.15, 0.2) is 6.61 Å². The van der Waals surface area contributed by atoms with Crippen LogP contribution >= 0.6 is 0 Å². The van der Waals surface area contributed by atoms with Crippen molar-refractivity contribution in [3.63, 3.8) is 0 Å². The van der Waals surface area contributed by atoms with Crippen molar-refractivity contribution in [2.24, 2.45) is 17.4 Å². The van der Waals surface area contributed by atoms with Gasteiger partial charge in [0.05, 0.1) is 13.1 Å². The predicted molar refractivity (Wildman–Crippen MR) is 167 cm³/mol. The molecule has 3 amide bonds. The lowest BCUT2D eigenvalue weighted by molar-refractivity contribution is -0.139. The third-order valence-electron chi connectivity index (χ3n) is 4.29. The lowest BCUT2D eigenvalue weighted by Gasteiger charge is -2.20. The van der Waals surface area contributed by atoms with Crippen molar-refractivity contribution in [1.29, 1.82) is 0 Å². The second-order valence-electron chi connectivity index (χ2n) is 8.54. The van der Waals surface area contributed by atoms with Crippen LogP contribution in [-0.2, 0) is 19.2 Å². The zero-order valence-electron chi connectivity index (χ0n) is 26.8. The Balaban J connectivity index is -0.000000286. The molecule has 11 heteroatoms. The van der Waals surface area contributed by atoms with Crippen molar-refractivity contribution in [3.05, 3.63) is 42.1 Å². The van der Waals surface area contributed by atoms with Gasteiger partial charge in [0.1, 0.15) is 11.8 Å². The van der Waals surface area contributed by atoms with E-state index in [9.17, 15) is 19.2 Å². The fourth-order valence-electron chi connectivity index (χ4n) is 2.36. The van der Waals surface area contributed by atoms with Gasteiger partial charge in [-0.25, -0.2) is 4.79 Å². The van der Waals surface area contributed by atoms with Gasteiger partial charge in [-0.15, -0.1) is 0 Å². The summed E-state index contributed by atoms with van der Waals surface area (Å²) in [6.07, 6.45) is 1.90. The Hall–Kier alpha value is -3.60. The second kappa shape index (κ2) is 30.9. The first-order valence-electron chi connectivity index (χ1n) is 14.2. The second-order valence-corrected chi connectivity index (χ2v) is 8.54. The van der Waals surface area contributed by atoms with Gasteiger partial charge >= 0.3 is 5.97 Å². The van der Waals surface area contributed by atoms with Crippen LogP contribution in [-0.4, -0.2) is 61.1 Å². The maximum atomic E-state index is 12.0. The van der Waals surface area contributed by atoms with Crippen LogP contribution in [0.2, 0.25) is 0 Å². The molecule has 8 N–H and O–H groups in total. The molecule has 0 aliphatic carbocycles. The first-order valence-corrected chi connectivity index (χ1v) is 14.2. The highest BCUT2D eigenvalue weighted by atomic mass is 16.5. The molecule has 0 aliphatic rings. The summed E-state index contributed by atoms with van der Waals surface area (Å²) in [5.41, 5.74) is 11.9. The Bertz CT molecular complexity index is 827. The van der Waals surface area contributed by atoms with Gasteiger partial charge in [-0.1, -0.05) is 79.7 Å². The van der Waals surface area contributed by atoms with Crippen molar-refractivity contribution in [3.8, 4) is 5.75 Å². The number of carboxylic acid groups (broad SMARTS) is 1. The molecule has 0 saturated heterocycles. The largest absolute Gasteiger partial charge is 0.482 e. The number of hydrogen-bond acceptors (Lipinski definition) is 7. The highest BCUT2D eigenvalue weighted by Gasteiger charge is 2.21. The highest BCUT2D eigenvalue weighted by Crippen LogP contribution is 2.10. The minimum atomic E-state index is -0.962. The van der Waals surface area contributed by atoms with Crippen LogP contribution in [0.5, 0.6) is 5.75 Å². The Morgan fingerprint density at radius 2 is 1.46 bits per heavy atom. The van der Waals surface area contributed by atoms with Gasteiger partial charge in [-0.05, 0) is 44.4 Å². The smallest absolute Gasteiger partial charge is 0.341 e. The van der Waals surface area contributed by atoms with Crippen molar-refractivity contribution in [2.45, 2.75) is 87.6 Å². The average Bonchev–Trinajstić information content (AvgIpc) is 2.96. The number of aryl methyl sites for hydroxylation is 1. The molecule has 0 radical (unpaired) electrons. The molecule has 0 fully saturated rings. The summed E-state index contributed by atoms with van der Waals surface area (Å²) in [7, 11) is 0. The summed E-state index contributed by atoms with van der Waals surface area (Å²) < 4.78 is 4.92. The molecule has 0 aliphatic heterocycles. The number of carboxylic acids is 1. The summed E-state index contributed by atoms with van der Waals surface area (Å²) in [6, 6.07) is 6.58. The van der Waals surface area contributed by atoms with Gasteiger partial charge < -0.3 is 37.3 Å². The number of ether oxygens (including phenoxy) is 1. The highest BCUT2D eigenvalue weighted by molar-refractivity contribution is 5.90. The standard InChI is InChI=1S/C14H26N4O3.C9H10O3.C3H9N.2C2H6/c1-5-12(19)16-8-13(20)18-11(6-9(2)3)14(21)17-7-10(4)15;1-7-2-4-8(5-3-7)12-6-9(10)11;1-2-3-4;2*1-2/h9,11H,4-8,15H2,1-3H3,(H,16,19)(H,17,21)(H,18,20);2-5H,6H2,1H3,(H,10,11);2-4H2,1H3;2*1-2H3. The molecule has 1 aromatic rings. The van der Waals surface area contributed by atoms with E-state index >= 15 is 0 Å². The molecule has 0 saturated carbocycles. The minimum absolute atomic E-state index is 0.141. The summed E-state index contributed by atoms with van der Waals surface area (Å²) in [5, 5.41) is 16.0. The van der Waals surface area contributed by atoms with E-state index in [0.717, 1.165) is 18.5 Å². The average molecular weight is 584 g/mol. The fourth-order valence-corrected chi connectivity index (χ4v) is 2.36. The number of aliphatic carboxylic acids is 1. The molecule has 1 unspecified atom stereocenters. The van der Waals surface area contributed by atoms with E-state index in [1.807, 2.05) is 60.6 Å². The molecule has 11 nitrogen and oxygen atoms in total. The first kappa shape index (κ1) is 44.4. The summed E-state index contributed by atoms with van der Waals surface area (Å²) in [5.74, 6) is -1.07. The number of carbonyl (C=O) groups excluding carboxylic acids is 3. The summed E-state index contributed by atoms with van der Waals surface area (Å²) in [6.45, 7) is 21.7. The topological polar surface area (TPSA) is 186 Å². The number of nitrogens with two attached hydrogens (primary N) is 2. The molecular weight excluding hydrogens is 526 g/mol. The SMILES string of the molecule is C=C(N)CNC(=O)C(CC(C)C)NC(=O)CNC(=O)CC.CC.CC.CCCN.Cc1ccc(OCC(=O)O)cc1. The van der Waals surface area contributed by atoms with Gasteiger partial charge in [-0.2, -0.15) is 0 Å². The Morgan fingerprint density at radius 3 is 1.85 bits per heavy atom. The molecule has 0 heterocycles. The molecule has 1 aromatic carbocycles. The lowest BCUT2D eigenvalue weighted by atomic mass is 10.0. The maximum absolute atomic E-state index is 12.0. The van der Waals surface area contributed by atoms with E-state index in [4.69, 9.17) is 21.3 Å². The van der Waals surface area contributed by atoms with E-state index in [-0.39, 0.29) is 37.4 Å².